The van der Waals surface area contributed by atoms with E-state index in [4.69, 9.17) is 0 Å². The maximum atomic E-state index is 12.4. The number of amides is 2. The molecule has 146 valence electrons. The van der Waals surface area contributed by atoms with Gasteiger partial charge in [0.2, 0.25) is 0 Å². The van der Waals surface area contributed by atoms with E-state index in [1.165, 1.54) is 18.2 Å². The van der Waals surface area contributed by atoms with Crippen molar-refractivity contribution >= 4 is 11.8 Å². The van der Waals surface area contributed by atoms with Gasteiger partial charge < -0.3 is 10.1 Å². The molecule has 2 N–H and O–H groups in total. The Labute approximate surface area is 154 Å². The van der Waals surface area contributed by atoms with Crippen molar-refractivity contribution in [2.75, 3.05) is 5.32 Å². The van der Waals surface area contributed by atoms with E-state index < -0.39 is 17.9 Å². The molecule has 1 heterocycles. The molecule has 1 fully saturated rings. The number of urea groups is 1. The van der Waals surface area contributed by atoms with Gasteiger partial charge in [-0.05, 0) is 51.3 Å². The van der Waals surface area contributed by atoms with Gasteiger partial charge in [0.15, 0.2) is 5.82 Å². The highest BCUT2D eigenvalue weighted by Crippen LogP contribution is 2.46. The summed E-state index contributed by atoms with van der Waals surface area (Å²) in [5, 5.41) is 9.85. The Morgan fingerprint density at radius 3 is 2.56 bits per heavy atom. The SMILES string of the molecule is Cc1cc(NC(=O)NC2(c3cccc(OC(F)(F)F)c3)CC2)nn1C(C)C. The first-order chi connectivity index (χ1) is 12.6. The van der Waals surface area contributed by atoms with E-state index in [2.05, 4.69) is 20.5 Å². The number of hydrogen-bond donors (Lipinski definition) is 2. The van der Waals surface area contributed by atoms with Crippen LogP contribution in [0.15, 0.2) is 30.3 Å². The highest BCUT2D eigenvalue weighted by Gasteiger charge is 2.46. The van der Waals surface area contributed by atoms with Gasteiger partial charge in [0.1, 0.15) is 5.75 Å². The Morgan fingerprint density at radius 2 is 2.00 bits per heavy atom. The lowest BCUT2D eigenvalue weighted by Crippen LogP contribution is -2.38. The van der Waals surface area contributed by atoms with Gasteiger partial charge >= 0.3 is 12.4 Å². The van der Waals surface area contributed by atoms with E-state index in [0.29, 0.717) is 24.2 Å². The van der Waals surface area contributed by atoms with E-state index in [-0.39, 0.29) is 11.8 Å². The Kier molecular flexibility index (Phi) is 4.79. The summed E-state index contributed by atoms with van der Waals surface area (Å²) in [7, 11) is 0. The van der Waals surface area contributed by atoms with Crippen LogP contribution in [0.3, 0.4) is 0 Å². The van der Waals surface area contributed by atoms with Gasteiger partial charge in [-0.15, -0.1) is 13.2 Å². The molecule has 1 aromatic heterocycles. The number of alkyl halides is 3. The highest BCUT2D eigenvalue weighted by atomic mass is 19.4. The molecule has 3 rings (SSSR count). The average molecular weight is 382 g/mol. The normalized spacial score (nSPS) is 15.5. The summed E-state index contributed by atoms with van der Waals surface area (Å²) >= 11 is 0. The first-order valence-electron chi connectivity index (χ1n) is 8.60. The van der Waals surface area contributed by atoms with Gasteiger partial charge in [-0.2, -0.15) is 5.10 Å². The van der Waals surface area contributed by atoms with Crippen molar-refractivity contribution < 1.29 is 22.7 Å². The van der Waals surface area contributed by atoms with Crippen LogP contribution in [0.4, 0.5) is 23.8 Å². The lowest BCUT2D eigenvalue weighted by Gasteiger charge is -2.19. The zero-order chi connectivity index (χ0) is 19.8. The molecule has 6 nitrogen and oxygen atoms in total. The van der Waals surface area contributed by atoms with Gasteiger partial charge in [-0.25, -0.2) is 4.79 Å². The molecule has 0 bridgehead atoms. The van der Waals surface area contributed by atoms with Crippen molar-refractivity contribution in [2.24, 2.45) is 0 Å². The number of aryl methyl sites for hydroxylation is 1. The van der Waals surface area contributed by atoms with Crippen LogP contribution in [0.25, 0.3) is 0 Å². The number of nitrogens with one attached hydrogen (secondary N) is 2. The molecule has 2 amide bonds. The van der Waals surface area contributed by atoms with Gasteiger partial charge in [0, 0.05) is 17.8 Å². The molecule has 1 aromatic carbocycles. The minimum Gasteiger partial charge on any atom is -0.406 e. The second-order valence-corrected chi connectivity index (χ2v) is 6.95. The summed E-state index contributed by atoms with van der Waals surface area (Å²) < 4.78 is 43.0. The number of carbonyl (C=O) groups is 1. The number of hydrogen-bond acceptors (Lipinski definition) is 3. The Balaban J connectivity index is 1.69. The third kappa shape index (κ3) is 4.53. The Bertz CT molecular complexity index is 841. The van der Waals surface area contributed by atoms with E-state index >= 15 is 0 Å². The molecule has 1 saturated carbocycles. The predicted molar refractivity (Wildman–Crippen MR) is 93.5 cm³/mol. The molecule has 1 aliphatic rings. The fraction of sp³-hybridized carbons (Fsp3) is 0.444. The topological polar surface area (TPSA) is 68.2 Å². The first kappa shape index (κ1) is 19.1. The minimum absolute atomic E-state index is 0.162. The molecule has 0 saturated heterocycles. The molecule has 1 aliphatic carbocycles. The van der Waals surface area contributed by atoms with Crippen molar-refractivity contribution in [3.05, 3.63) is 41.6 Å². The summed E-state index contributed by atoms with van der Waals surface area (Å²) in [4.78, 5) is 12.4. The third-order valence-electron chi connectivity index (χ3n) is 4.38. The van der Waals surface area contributed by atoms with E-state index in [0.717, 1.165) is 5.69 Å². The van der Waals surface area contributed by atoms with Gasteiger partial charge in [0.25, 0.3) is 0 Å². The Morgan fingerprint density at radius 1 is 1.30 bits per heavy atom. The average Bonchev–Trinajstić information content (AvgIpc) is 3.22. The summed E-state index contributed by atoms with van der Waals surface area (Å²) in [6.45, 7) is 5.86. The van der Waals surface area contributed by atoms with Gasteiger partial charge in [-0.3, -0.25) is 10.00 Å². The van der Waals surface area contributed by atoms with Crippen molar-refractivity contribution in [3.8, 4) is 5.75 Å². The molecular weight excluding hydrogens is 361 g/mol. The zero-order valence-electron chi connectivity index (χ0n) is 15.2. The fourth-order valence-corrected chi connectivity index (χ4v) is 3.04. The number of carbonyl (C=O) groups excluding carboxylic acids is 1. The van der Waals surface area contributed by atoms with Gasteiger partial charge in [-0.1, -0.05) is 12.1 Å². The smallest absolute Gasteiger partial charge is 0.406 e. The second-order valence-electron chi connectivity index (χ2n) is 6.95. The van der Waals surface area contributed by atoms with Crippen molar-refractivity contribution in [1.82, 2.24) is 15.1 Å². The van der Waals surface area contributed by atoms with Crippen LogP contribution < -0.4 is 15.4 Å². The number of nitrogens with zero attached hydrogens (tertiary/aromatic N) is 2. The van der Waals surface area contributed by atoms with Gasteiger partial charge in [0.05, 0.1) is 5.54 Å². The van der Waals surface area contributed by atoms with Crippen LogP contribution in [0, 0.1) is 6.92 Å². The molecule has 2 aromatic rings. The van der Waals surface area contributed by atoms with Crippen LogP contribution in [-0.2, 0) is 5.54 Å². The number of benzene rings is 1. The lowest BCUT2D eigenvalue weighted by molar-refractivity contribution is -0.274. The van der Waals surface area contributed by atoms with Crippen LogP contribution in [0.1, 0.15) is 44.0 Å². The van der Waals surface area contributed by atoms with Crippen LogP contribution >= 0.6 is 0 Å². The maximum absolute atomic E-state index is 12.4. The maximum Gasteiger partial charge on any atom is 0.573 e. The molecule has 9 heteroatoms. The minimum atomic E-state index is -4.76. The highest BCUT2D eigenvalue weighted by molar-refractivity contribution is 5.89. The van der Waals surface area contributed by atoms with Crippen LogP contribution in [0.2, 0.25) is 0 Å². The Hall–Kier alpha value is -2.71. The second kappa shape index (κ2) is 6.79. The predicted octanol–water partition coefficient (Wildman–Crippen LogP) is 4.48. The van der Waals surface area contributed by atoms with Crippen molar-refractivity contribution in [1.29, 1.82) is 0 Å². The lowest BCUT2D eigenvalue weighted by atomic mass is 10.0. The third-order valence-corrected chi connectivity index (χ3v) is 4.38. The molecule has 0 unspecified atom stereocenters. The van der Waals surface area contributed by atoms with E-state index in [1.807, 2.05) is 20.8 Å². The molecule has 0 radical (unpaired) electrons. The van der Waals surface area contributed by atoms with Crippen LogP contribution in [0.5, 0.6) is 5.75 Å². The summed E-state index contributed by atoms with van der Waals surface area (Å²) in [6, 6.07) is 7.15. The fourth-order valence-electron chi connectivity index (χ4n) is 3.04. The molecule has 27 heavy (non-hydrogen) atoms. The number of aromatic nitrogens is 2. The molecule has 0 spiro atoms. The molecule has 0 aliphatic heterocycles. The monoisotopic (exact) mass is 382 g/mol. The zero-order valence-corrected chi connectivity index (χ0v) is 15.2. The number of anilines is 1. The first-order valence-corrected chi connectivity index (χ1v) is 8.60. The number of ether oxygens (including phenoxy) is 1. The molecular formula is C18H21F3N4O2. The standard InChI is InChI=1S/C18H21F3N4O2/c1-11(2)25-12(3)9-15(24-25)22-16(26)23-17(7-8-17)13-5-4-6-14(10-13)27-18(19,20)21/h4-6,9-11H,7-8H2,1-3H3,(H2,22,23,24,26). The van der Waals surface area contributed by atoms with Crippen molar-refractivity contribution in [2.45, 2.75) is 51.6 Å². The van der Waals surface area contributed by atoms with Crippen LogP contribution in [-0.4, -0.2) is 22.2 Å². The quantitative estimate of drug-likeness (QED) is 0.801. The molecule has 0 atom stereocenters. The van der Waals surface area contributed by atoms with Crippen molar-refractivity contribution in [3.63, 3.8) is 0 Å². The number of rotatable bonds is 5. The summed E-state index contributed by atoms with van der Waals surface area (Å²) in [5.74, 6) is 0.114. The van der Waals surface area contributed by atoms with E-state index in [9.17, 15) is 18.0 Å². The number of halogens is 3. The summed E-state index contributed by atoms with van der Waals surface area (Å²) in [5.41, 5.74) is 0.798. The summed E-state index contributed by atoms with van der Waals surface area (Å²) in [6.07, 6.45) is -3.49. The largest absolute Gasteiger partial charge is 0.573 e. The van der Waals surface area contributed by atoms with E-state index in [1.54, 1.807) is 16.8 Å².